The van der Waals surface area contributed by atoms with Crippen molar-refractivity contribution in [3.05, 3.63) is 0 Å². The van der Waals surface area contributed by atoms with Gasteiger partial charge in [0.15, 0.2) is 0 Å². The lowest BCUT2D eigenvalue weighted by atomic mass is 9.89. The second-order valence-corrected chi connectivity index (χ2v) is 5.26. The van der Waals surface area contributed by atoms with Gasteiger partial charge in [-0.2, -0.15) is 0 Å². The number of nitrogens with two attached hydrogens (primary N) is 1. The fourth-order valence-electron chi connectivity index (χ4n) is 2.76. The molecule has 2 atom stereocenters. The highest BCUT2D eigenvalue weighted by Gasteiger charge is 2.26. The minimum absolute atomic E-state index is 0.433. The predicted molar refractivity (Wildman–Crippen MR) is 71.6 cm³/mol. The maximum Gasteiger partial charge on any atom is 0.0247 e. The average Bonchev–Trinajstić information content (AvgIpc) is 2.31. The third-order valence-corrected chi connectivity index (χ3v) is 3.85. The van der Waals surface area contributed by atoms with Crippen molar-refractivity contribution in [3.63, 3.8) is 0 Å². The molecule has 0 saturated heterocycles. The third kappa shape index (κ3) is 4.42. The van der Waals surface area contributed by atoms with Crippen molar-refractivity contribution in [2.45, 2.75) is 77.3 Å². The molecule has 2 unspecified atom stereocenters. The largest absolute Gasteiger partial charge is 0.326 e. The van der Waals surface area contributed by atoms with Gasteiger partial charge in [-0.05, 0) is 38.8 Å². The summed E-state index contributed by atoms with van der Waals surface area (Å²) in [6.07, 6.45) is 10.5. The Hall–Kier alpha value is -0.0800. The molecule has 2 nitrogen and oxygen atoms in total. The van der Waals surface area contributed by atoms with E-state index in [2.05, 4.69) is 18.7 Å². The number of hydrogen-bond donors (Lipinski definition) is 1. The molecule has 0 radical (unpaired) electrons. The lowest BCUT2D eigenvalue weighted by Crippen LogP contribution is -2.50. The first-order valence-corrected chi connectivity index (χ1v) is 7.29. The van der Waals surface area contributed by atoms with Crippen LogP contribution in [0.15, 0.2) is 0 Å². The van der Waals surface area contributed by atoms with Crippen LogP contribution < -0.4 is 5.73 Å². The second-order valence-electron chi connectivity index (χ2n) is 5.26. The van der Waals surface area contributed by atoms with Crippen molar-refractivity contribution < 1.29 is 0 Å². The Balaban J connectivity index is 2.44. The Morgan fingerprint density at radius 2 is 1.56 bits per heavy atom. The van der Waals surface area contributed by atoms with Crippen LogP contribution in [0, 0.1) is 0 Å². The Bertz CT molecular complexity index is 162. The summed E-state index contributed by atoms with van der Waals surface area (Å²) in [4.78, 5) is 2.68. The Morgan fingerprint density at radius 1 is 1.00 bits per heavy atom. The molecule has 1 rings (SSSR count). The summed E-state index contributed by atoms with van der Waals surface area (Å²) in [5, 5.41) is 0. The molecule has 0 heterocycles. The van der Waals surface area contributed by atoms with Gasteiger partial charge in [-0.25, -0.2) is 0 Å². The highest BCUT2D eigenvalue weighted by molar-refractivity contribution is 4.85. The first kappa shape index (κ1) is 14.0. The van der Waals surface area contributed by atoms with Gasteiger partial charge in [0.1, 0.15) is 0 Å². The molecule has 0 aromatic rings. The lowest BCUT2D eigenvalue weighted by molar-refractivity contribution is 0.133. The van der Waals surface area contributed by atoms with Gasteiger partial charge in [-0.3, -0.25) is 4.90 Å². The molecule has 0 aromatic heterocycles. The van der Waals surface area contributed by atoms with E-state index in [4.69, 9.17) is 5.73 Å². The normalized spacial score (nSPS) is 26.2. The quantitative estimate of drug-likeness (QED) is 0.722. The van der Waals surface area contributed by atoms with Gasteiger partial charge in [-0.1, -0.05) is 39.5 Å². The van der Waals surface area contributed by atoms with Gasteiger partial charge in [0, 0.05) is 12.1 Å². The molecule has 96 valence electrons. The second kappa shape index (κ2) is 8.08. The van der Waals surface area contributed by atoms with E-state index in [1.165, 1.54) is 64.5 Å². The van der Waals surface area contributed by atoms with Gasteiger partial charge in [0.05, 0.1) is 0 Å². The SMILES string of the molecule is CCCCN(CCCC)C1CCCCC1N. The van der Waals surface area contributed by atoms with Crippen LogP contribution in [0.5, 0.6) is 0 Å². The molecule has 0 aliphatic heterocycles. The summed E-state index contributed by atoms with van der Waals surface area (Å²) in [7, 11) is 0. The van der Waals surface area contributed by atoms with E-state index in [9.17, 15) is 0 Å². The van der Waals surface area contributed by atoms with E-state index in [0.717, 1.165) is 0 Å². The monoisotopic (exact) mass is 226 g/mol. The van der Waals surface area contributed by atoms with Gasteiger partial charge in [0.2, 0.25) is 0 Å². The molecule has 1 aliphatic rings. The molecule has 0 aromatic carbocycles. The van der Waals surface area contributed by atoms with Gasteiger partial charge >= 0.3 is 0 Å². The summed E-state index contributed by atoms with van der Waals surface area (Å²) >= 11 is 0. The summed E-state index contributed by atoms with van der Waals surface area (Å²) in [5.74, 6) is 0. The zero-order valence-electron chi connectivity index (χ0n) is 11.3. The summed E-state index contributed by atoms with van der Waals surface area (Å²) in [5.41, 5.74) is 6.28. The fourth-order valence-corrected chi connectivity index (χ4v) is 2.76. The van der Waals surface area contributed by atoms with Crippen molar-refractivity contribution >= 4 is 0 Å². The highest BCUT2D eigenvalue weighted by Crippen LogP contribution is 2.22. The van der Waals surface area contributed by atoms with Gasteiger partial charge in [-0.15, -0.1) is 0 Å². The van der Waals surface area contributed by atoms with E-state index in [0.29, 0.717) is 12.1 Å². The first-order valence-electron chi connectivity index (χ1n) is 7.29. The standard InChI is InChI=1S/C14H30N2/c1-3-5-11-16(12-6-4-2)14-10-8-7-9-13(14)15/h13-14H,3-12,15H2,1-2H3. The molecule has 0 bridgehead atoms. The number of rotatable bonds is 7. The molecular formula is C14H30N2. The molecule has 16 heavy (non-hydrogen) atoms. The smallest absolute Gasteiger partial charge is 0.0247 e. The highest BCUT2D eigenvalue weighted by atomic mass is 15.2. The minimum Gasteiger partial charge on any atom is -0.326 e. The van der Waals surface area contributed by atoms with Crippen LogP contribution in [0.4, 0.5) is 0 Å². The molecule has 0 spiro atoms. The van der Waals surface area contributed by atoms with Gasteiger partial charge < -0.3 is 5.73 Å². The van der Waals surface area contributed by atoms with Crippen LogP contribution in [-0.4, -0.2) is 30.1 Å². The van der Waals surface area contributed by atoms with E-state index in [1.54, 1.807) is 0 Å². The Kier molecular flexibility index (Phi) is 7.06. The summed E-state index contributed by atoms with van der Waals surface area (Å²) in [6.45, 7) is 7.07. The molecule has 0 amide bonds. The Labute approximate surface area is 102 Å². The van der Waals surface area contributed by atoms with E-state index >= 15 is 0 Å². The van der Waals surface area contributed by atoms with Crippen molar-refractivity contribution in [3.8, 4) is 0 Å². The van der Waals surface area contributed by atoms with Crippen LogP contribution in [0.2, 0.25) is 0 Å². The molecule has 2 N–H and O–H groups in total. The van der Waals surface area contributed by atoms with Crippen LogP contribution in [0.3, 0.4) is 0 Å². The van der Waals surface area contributed by atoms with Crippen LogP contribution in [0.25, 0.3) is 0 Å². The molecule has 1 saturated carbocycles. The number of unbranched alkanes of at least 4 members (excludes halogenated alkanes) is 2. The lowest BCUT2D eigenvalue weighted by Gasteiger charge is -2.38. The number of hydrogen-bond acceptors (Lipinski definition) is 2. The zero-order valence-corrected chi connectivity index (χ0v) is 11.3. The van der Waals surface area contributed by atoms with E-state index in [-0.39, 0.29) is 0 Å². The fraction of sp³-hybridized carbons (Fsp3) is 1.00. The van der Waals surface area contributed by atoms with Crippen molar-refractivity contribution in [2.75, 3.05) is 13.1 Å². The maximum atomic E-state index is 6.28. The average molecular weight is 226 g/mol. The zero-order chi connectivity index (χ0) is 11.8. The van der Waals surface area contributed by atoms with Gasteiger partial charge in [0.25, 0.3) is 0 Å². The maximum absolute atomic E-state index is 6.28. The number of nitrogens with zero attached hydrogens (tertiary/aromatic N) is 1. The molecular weight excluding hydrogens is 196 g/mol. The molecule has 1 fully saturated rings. The topological polar surface area (TPSA) is 29.3 Å². The van der Waals surface area contributed by atoms with Crippen LogP contribution in [0.1, 0.15) is 65.2 Å². The molecule has 1 aliphatic carbocycles. The van der Waals surface area contributed by atoms with Crippen LogP contribution in [-0.2, 0) is 0 Å². The molecule has 2 heteroatoms. The van der Waals surface area contributed by atoms with Crippen molar-refractivity contribution in [1.82, 2.24) is 4.90 Å². The van der Waals surface area contributed by atoms with E-state index < -0.39 is 0 Å². The predicted octanol–water partition coefficient (Wildman–Crippen LogP) is 3.16. The van der Waals surface area contributed by atoms with E-state index in [1.807, 2.05) is 0 Å². The van der Waals surface area contributed by atoms with Crippen molar-refractivity contribution in [2.24, 2.45) is 5.73 Å². The third-order valence-electron chi connectivity index (χ3n) is 3.85. The summed E-state index contributed by atoms with van der Waals surface area (Å²) in [6, 6.07) is 1.11. The van der Waals surface area contributed by atoms with Crippen LogP contribution >= 0.6 is 0 Å². The summed E-state index contributed by atoms with van der Waals surface area (Å²) < 4.78 is 0. The van der Waals surface area contributed by atoms with Crippen molar-refractivity contribution in [1.29, 1.82) is 0 Å². The Morgan fingerprint density at radius 3 is 2.06 bits per heavy atom. The first-order chi connectivity index (χ1) is 7.79. The minimum atomic E-state index is 0.433.